The van der Waals surface area contributed by atoms with Gasteiger partial charge in [-0.2, -0.15) is 4.98 Å². The molecule has 0 radical (unpaired) electrons. The zero-order valence-electron chi connectivity index (χ0n) is 15.6. The zero-order valence-corrected chi connectivity index (χ0v) is 15.6. The Balaban J connectivity index is 1.46. The number of carbonyl (C=O) groups is 1. The molecule has 1 aromatic heterocycles. The minimum atomic E-state index is 0.0772. The SMILES string of the molecule is CC(C)Cc1nc(COC2CCCN(C(=O)C3CCCCC3)C2)no1. The number of aromatic nitrogens is 2. The molecule has 1 saturated heterocycles. The van der Waals surface area contributed by atoms with Crippen molar-refractivity contribution in [3.8, 4) is 0 Å². The van der Waals surface area contributed by atoms with Crippen LogP contribution in [0.25, 0.3) is 0 Å². The summed E-state index contributed by atoms with van der Waals surface area (Å²) in [5.41, 5.74) is 0. The van der Waals surface area contributed by atoms with Gasteiger partial charge in [0, 0.05) is 25.4 Å². The first-order valence-electron chi connectivity index (χ1n) is 9.83. The summed E-state index contributed by atoms with van der Waals surface area (Å²) in [5, 5.41) is 3.99. The number of likely N-dealkylation sites (tertiary alicyclic amines) is 1. The first-order valence-corrected chi connectivity index (χ1v) is 9.83. The minimum absolute atomic E-state index is 0.0772. The van der Waals surface area contributed by atoms with E-state index in [1.807, 2.05) is 4.90 Å². The molecule has 1 atom stereocenters. The molecule has 2 aliphatic rings. The van der Waals surface area contributed by atoms with Crippen molar-refractivity contribution in [2.75, 3.05) is 13.1 Å². The molecule has 1 aromatic rings. The fourth-order valence-electron chi connectivity index (χ4n) is 3.86. The highest BCUT2D eigenvalue weighted by atomic mass is 16.5. The number of nitrogens with zero attached hydrogens (tertiary/aromatic N) is 3. The van der Waals surface area contributed by atoms with Gasteiger partial charge in [0.15, 0.2) is 5.82 Å². The first kappa shape index (κ1) is 18.4. The minimum Gasteiger partial charge on any atom is -0.368 e. The zero-order chi connectivity index (χ0) is 17.6. The van der Waals surface area contributed by atoms with E-state index in [1.54, 1.807) is 0 Å². The van der Waals surface area contributed by atoms with Crippen LogP contribution < -0.4 is 0 Å². The molecule has 1 aliphatic carbocycles. The van der Waals surface area contributed by atoms with Gasteiger partial charge < -0.3 is 14.2 Å². The van der Waals surface area contributed by atoms with Crippen molar-refractivity contribution in [2.45, 2.75) is 77.9 Å². The maximum atomic E-state index is 12.7. The summed E-state index contributed by atoms with van der Waals surface area (Å²) in [6, 6.07) is 0. The molecule has 2 heterocycles. The maximum absolute atomic E-state index is 12.7. The average Bonchev–Trinajstić information content (AvgIpc) is 3.07. The standard InChI is InChI=1S/C19H31N3O3/c1-14(2)11-18-20-17(21-25-18)13-24-16-9-6-10-22(12-16)19(23)15-7-4-3-5-8-15/h14-16H,3-13H2,1-2H3. The van der Waals surface area contributed by atoms with E-state index in [9.17, 15) is 4.79 Å². The summed E-state index contributed by atoms with van der Waals surface area (Å²) in [6.45, 7) is 6.18. The van der Waals surface area contributed by atoms with Crippen LogP contribution in [0.1, 0.15) is 70.5 Å². The number of piperidine rings is 1. The molecule has 3 rings (SSSR count). The van der Waals surface area contributed by atoms with Crippen LogP contribution in [0.2, 0.25) is 0 Å². The van der Waals surface area contributed by atoms with Crippen molar-refractivity contribution in [3.63, 3.8) is 0 Å². The molecule has 0 N–H and O–H groups in total. The van der Waals surface area contributed by atoms with Gasteiger partial charge >= 0.3 is 0 Å². The summed E-state index contributed by atoms with van der Waals surface area (Å²) in [7, 11) is 0. The predicted octanol–water partition coefficient (Wildman–Crippen LogP) is 3.36. The summed E-state index contributed by atoms with van der Waals surface area (Å²) < 4.78 is 11.2. The molecular formula is C19H31N3O3. The van der Waals surface area contributed by atoms with Crippen molar-refractivity contribution in [3.05, 3.63) is 11.7 Å². The monoisotopic (exact) mass is 349 g/mol. The number of amides is 1. The van der Waals surface area contributed by atoms with Gasteiger partial charge in [0.2, 0.25) is 11.8 Å². The summed E-state index contributed by atoms with van der Waals surface area (Å²) in [4.78, 5) is 19.1. The summed E-state index contributed by atoms with van der Waals surface area (Å²) in [5.74, 6) is 2.35. The second kappa shape index (κ2) is 8.79. The Bertz CT molecular complexity index is 552. The lowest BCUT2D eigenvalue weighted by Crippen LogP contribution is -2.46. The number of rotatable bonds is 6. The van der Waals surface area contributed by atoms with Gasteiger partial charge in [-0.3, -0.25) is 4.79 Å². The van der Waals surface area contributed by atoms with E-state index < -0.39 is 0 Å². The summed E-state index contributed by atoms with van der Waals surface area (Å²) in [6.07, 6.45) is 8.65. The molecule has 1 amide bonds. The average molecular weight is 349 g/mol. The second-order valence-corrected chi connectivity index (χ2v) is 7.90. The molecule has 140 valence electrons. The molecule has 1 aliphatic heterocycles. The molecule has 6 nitrogen and oxygen atoms in total. The van der Waals surface area contributed by atoms with Gasteiger partial charge in [0.05, 0.1) is 6.10 Å². The van der Waals surface area contributed by atoms with E-state index in [-0.39, 0.29) is 12.0 Å². The lowest BCUT2D eigenvalue weighted by molar-refractivity contribution is -0.141. The van der Waals surface area contributed by atoms with Crippen molar-refractivity contribution in [2.24, 2.45) is 11.8 Å². The maximum Gasteiger partial charge on any atom is 0.226 e. The Morgan fingerprint density at radius 3 is 2.80 bits per heavy atom. The van der Waals surface area contributed by atoms with Gasteiger partial charge in [-0.1, -0.05) is 38.3 Å². The third-order valence-corrected chi connectivity index (χ3v) is 5.19. The number of hydrogen-bond acceptors (Lipinski definition) is 5. The molecule has 0 spiro atoms. The van der Waals surface area contributed by atoms with Gasteiger partial charge in [-0.05, 0) is 31.6 Å². The Kier molecular flexibility index (Phi) is 6.45. The first-order chi connectivity index (χ1) is 12.1. The Morgan fingerprint density at radius 2 is 2.04 bits per heavy atom. The summed E-state index contributed by atoms with van der Waals surface area (Å²) >= 11 is 0. The van der Waals surface area contributed by atoms with Crippen LogP contribution in [-0.2, 0) is 22.6 Å². The van der Waals surface area contributed by atoms with Crippen LogP contribution in [-0.4, -0.2) is 40.1 Å². The van der Waals surface area contributed by atoms with Crippen LogP contribution in [0.4, 0.5) is 0 Å². The van der Waals surface area contributed by atoms with Crippen molar-refractivity contribution in [1.29, 1.82) is 0 Å². The lowest BCUT2D eigenvalue weighted by Gasteiger charge is -2.35. The van der Waals surface area contributed by atoms with Crippen LogP contribution in [0, 0.1) is 11.8 Å². The fourth-order valence-corrected chi connectivity index (χ4v) is 3.86. The van der Waals surface area contributed by atoms with E-state index in [1.165, 1.54) is 19.3 Å². The largest absolute Gasteiger partial charge is 0.368 e. The van der Waals surface area contributed by atoms with E-state index in [0.717, 1.165) is 38.6 Å². The molecule has 0 aromatic carbocycles. The van der Waals surface area contributed by atoms with Crippen LogP contribution >= 0.6 is 0 Å². The predicted molar refractivity (Wildman–Crippen MR) is 93.8 cm³/mol. The van der Waals surface area contributed by atoms with Gasteiger partial charge in [-0.15, -0.1) is 0 Å². The Morgan fingerprint density at radius 1 is 1.24 bits per heavy atom. The second-order valence-electron chi connectivity index (χ2n) is 7.90. The molecule has 1 unspecified atom stereocenters. The van der Waals surface area contributed by atoms with Crippen LogP contribution in [0.3, 0.4) is 0 Å². The molecular weight excluding hydrogens is 318 g/mol. The van der Waals surface area contributed by atoms with Gasteiger partial charge in [0.1, 0.15) is 6.61 Å². The molecule has 2 fully saturated rings. The van der Waals surface area contributed by atoms with Crippen LogP contribution in [0.5, 0.6) is 0 Å². The lowest BCUT2D eigenvalue weighted by atomic mass is 9.88. The fraction of sp³-hybridized carbons (Fsp3) is 0.842. The topological polar surface area (TPSA) is 68.5 Å². The normalized spacial score (nSPS) is 22.5. The van der Waals surface area contributed by atoms with Gasteiger partial charge in [0.25, 0.3) is 0 Å². The molecule has 1 saturated carbocycles. The number of carbonyl (C=O) groups excluding carboxylic acids is 1. The van der Waals surface area contributed by atoms with E-state index in [0.29, 0.717) is 36.7 Å². The third-order valence-electron chi connectivity index (χ3n) is 5.19. The molecule has 0 bridgehead atoms. The van der Waals surface area contributed by atoms with Crippen LogP contribution in [0.15, 0.2) is 4.52 Å². The third kappa shape index (κ3) is 5.27. The number of hydrogen-bond donors (Lipinski definition) is 0. The van der Waals surface area contributed by atoms with Crippen molar-refractivity contribution < 1.29 is 14.1 Å². The van der Waals surface area contributed by atoms with E-state index in [4.69, 9.17) is 9.26 Å². The molecule has 6 heteroatoms. The van der Waals surface area contributed by atoms with E-state index >= 15 is 0 Å². The quantitative estimate of drug-likeness (QED) is 0.788. The number of ether oxygens (including phenoxy) is 1. The highest BCUT2D eigenvalue weighted by molar-refractivity contribution is 5.79. The van der Waals surface area contributed by atoms with Crippen molar-refractivity contribution >= 4 is 5.91 Å². The Hall–Kier alpha value is -1.43. The Labute approximate surface area is 150 Å². The van der Waals surface area contributed by atoms with Gasteiger partial charge in [-0.25, -0.2) is 0 Å². The van der Waals surface area contributed by atoms with E-state index in [2.05, 4.69) is 24.0 Å². The highest BCUT2D eigenvalue weighted by Gasteiger charge is 2.30. The smallest absolute Gasteiger partial charge is 0.226 e. The molecule has 25 heavy (non-hydrogen) atoms. The highest BCUT2D eigenvalue weighted by Crippen LogP contribution is 2.27. The van der Waals surface area contributed by atoms with Crippen molar-refractivity contribution in [1.82, 2.24) is 15.0 Å².